The maximum Gasteiger partial charge on any atom is 0.243 e. The number of anilines is 1. The molecule has 0 saturated heterocycles. The van der Waals surface area contributed by atoms with Crippen molar-refractivity contribution in [2.24, 2.45) is 0 Å². The van der Waals surface area contributed by atoms with Crippen LogP contribution in [-0.2, 0) is 10.0 Å². The van der Waals surface area contributed by atoms with E-state index >= 15 is 0 Å². The first-order valence-corrected chi connectivity index (χ1v) is 7.37. The van der Waals surface area contributed by atoms with Gasteiger partial charge in [0.2, 0.25) is 10.0 Å². The van der Waals surface area contributed by atoms with Crippen molar-refractivity contribution in [3.05, 3.63) is 35.4 Å². The number of nitrogen functional groups attached to an aromatic ring is 1. The maximum absolute atomic E-state index is 12.4. The first-order valence-electron chi connectivity index (χ1n) is 5.93. The summed E-state index contributed by atoms with van der Waals surface area (Å²) in [5.74, 6) is 0. The quantitative estimate of drug-likeness (QED) is 0.657. The van der Waals surface area contributed by atoms with Gasteiger partial charge in [0.25, 0.3) is 0 Å². The minimum Gasteiger partial charge on any atom is -0.399 e. The second-order valence-electron chi connectivity index (χ2n) is 4.68. The SMILES string of the molecule is CC1=CCN(S(=O)(=O)c2ccc(N)c(C)c2)CC1. The molecule has 1 heterocycles. The molecule has 0 bridgehead atoms. The Morgan fingerprint density at radius 1 is 1.28 bits per heavy atom. The van der Waals surface area contributed by atoms with Crippen LogP contribution in [0.5, 0.6) is 0 Å². The largest absolute Gasteiger partial charge is 0.399 e. The predicted molar refractivity (Wildman–Crippen MR) is 72.7 cm³/mol. The molecule has 0 aromatic heterocycles. The first kappa shape index (κ1) is 13.1. The van der Waals surface area contributed by atoms with E-state index in [0.29, 0.717) is 23.7 Å². The summed E-state index contributed by atoms with van der Waals surface area (Å²) in [6.07, 6.45) is 2.76. The zero-order valence-electron chi connectivity index (χ0n) is 10.7. The van der Waals surface area contributed by atoms with Gasteiger partial charge >= 0.3 is 0 Å². The fraction of sp³-hybridized carbons (Fsp3) is 0.385. The van der Waals surface area contributed by atoms with E-state index in [2.05, 4.69) is 0 Å². The molecule has 1 aromatic rings. The molecule has 0 spiro atoms. The molecule has 2 rings (SSSR count). The van der Waals surface area contributed by atoms with Gasteiger partial charge in [0, 0.05) is 18.8 Å². The Balaban J connectivity index is 2.34. The van der Waals surface area contributed by atoms with Crippen LogP contribution in [0.15, 0.2) is 34.7 Å². The van der Waals surface area contributed by atoms with Gasteiger partial charge in [-0.1, -0.05) is 11.6 Å². The average Bonchev–Trinajstić information content (AvgIpc) is 2.33. The number of nitrogens with two attached hydrogens (primary N) is 1. The number of benzene rings is 1. The number of sulfonamides is 1. The molecular formula is C13H18N2O2S. The Morgan fingerprint density at radius 2 is 2.00 bits per heavy atom. The Labute approximate surface area is 108 Å². The Bertz CT molecular complexity index is 591. The van der Waals surface area contributed by atoms with Gasteiger partial charge in [-0.05, 0) is 44.0 Å². The molecule has 0 saturated carbocycles. The van der Waals surface area contributed by atoms with Crippen molar-refractivity contribution in [3.8, 4) is 0 Å². The average molecular weight is 266 g/mol. The third-order valence-electron chi connectivity index (χ3n) is 3.28. The van der Waals surface area contributed by atoms with Gasteiger partial charge in [0.05, 0.1) is 4.90 Å². The van der Waals surface area contributed by atoms with Crippen LogP contribution in [0.25, 0.3) is 0 Å². The van der Waals surface area contributed by atoms with Crippen LogP contribution in [0.1, 0.15) is 18.9 Å². The molecule has 0 aliphatic carbocycles. The molecule has 1 aliphatic rings. The third-order valence-corrected chi connectivity index (χ3v) is 5.14. The molecule has 0 amide bonds. The summed E-state index contributed by atoms with van der Waals surface area (Å²) in [7, 11) is -3.39. The van der Waals surface area contributed by atoms with E-state index in [-0.39, 0.29) is 0 Å². The molecule has 98 valence electrons. The normalized spacial score (nSPS) is 17.6. The Morgan fingerprint density at radius 3 is 2.56 bits per heavy atom. The minimum atomic E-state index is -3.39. The van der Waals surface area contributed by atoms with E-state index in [1.165, 1.54) is 9.88 Å². The van der Waals surface area contributed by atoms with Gasteiger partial charge in [0.1, 0.15) is 0 Å². The summed E-state index contributed by atoms with van der Waals surface area (Å²) >= 11 is 0. The van der Waals surface area contributed by atoms with Crippen molar-refractivity contribution in [2.45, 2.75) is 25.2 Å². The van der Waals surface area contributed by atoms with Crippen LogP contribution in [0.3, 0.4) is 0 Å². The molecule has 1 aromatic carbocycles. The highest BCUT2D eigenvalue weighted by Gasteiger charge is 2.25. The van der Waals surface area contributed by atoms with Crippen LogP contribution in [0, 0.1) is 6.92 Å². The maximum atomic E-state index is 12.4. The van der Waals surface area contributed by atoms with E-state index in [1.54, 1.807) is 18.2 Å². The highest BCUT2D eigenvalue weighted by Crippen LogP contribution is 2.23. The molecular weight excluding hydrogens is 248 g/mol. The van der Waals surface area contributed by atoms with Crippen molar-refractivity contribution in [1.82, 2.24) is 4.31 Å². The lowest BCUT2D eigenvalue weighted by molar-refractivity contribution is 0.431. The van der Waals surface area contributed by atoms with Gasteiger partial charge < -0.3 is 5.73 Å². The number of nitrogens with zero attached hydrogens (tertiary/aromatic N) is 1. The Kier molecular flexibility index (Phi) is 3.45. The fourth-order valence-electron chi connectivity index (χ4n) is 1.93. The van der Waals surface area contributed by atoms with Gasteiger partial charge in [-0.3, -0.25) is 0 Å². The second kappa shape index (κ2) is 4.74. The Hall–Kier alpha value is -1.33. The second-order valence-corrected chi connectivity index (χ2v) is 6.62. The summed E-state index contributed by atoms with van der Waals surface area (Å²) < 4.78 is 26.3. The first-order chi connectivity index (χ1) is 8.41. The van der Waals surface area contributed by atoms with Gasteiger partial charge in [0.15, 0.2) is 0 Å². The summed E-state index contributed by atoms with van der Waals surface area (Å²) in [4.78, 5) is 0.321. The minimum absolute atomic E-state index is 0.321. The summed E-state index contributed by atoms with van der Waals surface area (Å²) in [5, 5.41) is 0. The fourth-order valence-corrected chi connectivity index (χ4v) is 3.39. The van der Waals surface area contributed by atoms with Crippen molar-refractivity contribution in [3.63, 3.8) is 0 Å². The zero-order valence-corrected chi connectivity index (χ0v) is 11.5. The highest BCUT2D eigenvalue weighted by molar-refractivity contribution is 7.89. The predicted octanol–water partition coefficient (Wildman–Crippen LogP) is 1.92. The van der Waals surface area contributed by atoms with Gasteiger partial charge in [-0.25, -0.2) is 8.42 Å². The smallest absolute Gasteiger partial charge is 0.243 e. The van der Waals surface area contributed by atoms with Crippen LogP contribution < -0.4 is 5.73 Å². The lowest BCUT2D eigenvalue weighted by Gasteiger charge is -2.25. The molecule has 0 unspecified atom stereocenters. The van der Waals surface area contributed by atoms with Crippen molar-refractivity contribution >= 4 is 15.7 Å². The van der Waals surface area contributed by atoms with Gasteiger partial charge in [-0.15, -0.1) is 0 Å². The van der Waals surface area contributed by atoms with Crippen molar-refractivity contribution in [2.75, 3.05) is 18.8 Å². The standard InChI is InChI=1S/C13H18N2O2S/c1-10-5-7-15(8-6-10)18(16,17)12-3-4-13(14)11(2)9-12/h3-5,9H,6-8,14H2,1-2H3. The number of hydrogen-bond acceptors (Lipinski definition) is 3. The van der Waals surface area contributed by atoms with E-state index in [4.69, 9.17) is 5.73 Å². The van der Waals surface area contributed by atoms with Gasteiger partial charge in [-0.2, -0.15) is 4.31 Å². The molecule has 0 atom stereocenters. The van der Waals surface area contributed by atoms with Crippen LogP contribution in [-0.4, -0.2) is 25.8 Å². The molecule has 0 fully saturated rings. The summed E-state index contributed by atoms with van der Waals surface area (Å²) in [5.41, 5.74) is 8.36. The number of aryl methyl sites for hydroxylation is 1. The van der Waals surface area contributed by atoms with E-state index in [9.17, 15) is 8.42 Å². The zero-order chi connectivity index (χ0) is 13.3. The summed E-state index contributed by atoms with van der Waals surface area (Å²) in [6, 6.07) is 4.85. The molecule has 5 heteroatoms. The van der Waals surface area contributed by atoms with E-state index < -0.39 is 10.0 Å². The lowest BCUT2D eigenvalue weighted by atomic mass is 10.1. The van der Waals surface area contributed by atoms with Crippen molar-refractivity contribution < 1.29 is 8.42 Å². The van der Waals surface area contributed by atoms with Crippen LogP contribution in [0.2, 0.25) is 0 Å². The molecule has 4 nitrogen and oxygen atoms in total. The summed E-state index contributed by atoms with van der Waals surface area (Å²) in [6.45, 7) is 4.84. The van der Waals surface area contributed by atoms with Crippen LogP contribution >= 0.6 is 0 Å². The molecule has 18 heavy (non-hydrogen) atoms. The molecule has 1 aliphatic heterocycles. The number of rotatable bonds is 2. The van der Waals surface area contributed by atoms with Crippen LogP contribution in [0.4, 0.5) is 5.69 Å². The topological polar surface area (TPSA) is 63.4 Å². The lowest BCUT2D eigenvalue weighted by Crippen LogP contribution is -2.34. The van der Waals surface area contributed by atoms with E-state index in [1.807, 2.05) is 19.9 Å². The highest BCUT2D eigenvalue weighted by atomic mass is 32.2. The van der Waals surface area contributed by atoms with E-state index in [0.717, 1.165) is 12.0 Å². The van der Waals surface area contributed by atoms with Crippen molar-refractivity contribution in [1.29, 1.82) is 0 Å². The monoisotopic (exact) mass is 266 g/mol. The molecule has 2 N–H and O–H groups in total. The third kappa shape index (κ3) is 2.42. The number of hydrogen-bond donors (Lipinski definition) is 1. The molecule has 0 radical (unpaired) electrons.